The summed E-state index contributed by atoms with van der Waals surface area (Å²) in [6, 6.07) is 2.01. The average molecular weight is 188 g/mol. The predicted molar refractivity (Wildman–Crippen MR) is 54.1 cm³/mol. The molecule has 0 saturated heterocycles. The predicted octanol–water partition coefficient (Wildman–Crippen LogP) is 0.987. The Bertz CT molecular complexity index is 394. The molecule has 0 bridgehead atoms. The summed E-state index contributed by atoms with van der Waals surface area (Å²) in [6.07, 6.45) is 9.09. The molecule has 1 N–H and O–H groups in total. The third-order valence-electron chi connectivity index (χ3n) is 2.04. The second-order valence-corrected chi connectivity index (χ2v) is 3.00. The van der Waals surface area contributed by atoms with E-state index in [1.54, 1.807) is 18.7 Å². The van der Waals surface area contributed by atoms with E-state index in [2.05, 4.69) is 15.3 Å². The summed E-state index contributed by atoms with van der Waals surface area (Å²) in [5.41, 5.74) is 2.28. The van der Waals surface area contributed by atoms with Gasteiger partial charge in [-0.15, -0.1) is 0 Å². The zero-order valence-electron chi connectivity index (χ0n) is 8.01. The van der Waals surface area contributed by atoms with Crippen molar-refractivity contribution in [3.63, 3.8) is 0 Å². The lowest BCUT2D eigenvalue weighted by molar-refractivity contribution is 0.804. The Kier molecular flexibility index (Phi) is 2.55. The standard InChI is InChI=1S/C10H12N4/c1-11-6-9-2-3-12-7-10(9)14-5-4-13-8-14/h2-5,7-8,11H,6H2,1H3. The zero-order valence-corrected chi connectivity index (χ0v) is 8.01. The maximum absolute atomic E-state index is 4.11. The minimum Gasteiger partial charge on any atom is -0.316 e. The Morgan fingerprint density at radius 1 is 1.36 bits per heavy atom. The van der Waals surface area contributed by atoms with Crippen molar-refractivity contribution in [2.45, 2.75) is 6.54 Å². The summed E-state index contributed by atoms with van der Waals surface area (Å²) in [4.78, 5) is 8.12. The summed E-state index contributed by atoms with van der Waals surface area (Å²) in [5, 5.41) is 3.12. The molecule has 2 aromatic heterocycles. The van der Waals surface area contributed by atoms with Gasteiger partial charge in [0.25, 0.3) is 0 Å². The van der Waals surface area contributed by atoms with Crippen LogP contribution in [-0.4, -0.2) is 21.6 Å². The summed E-state index contributed by atoms with van der Waals surface area (Å²) in [5.74, 6) is 0. The van der Waals surface area contributed by atoms with Crippen molar-refractivity contribution in [1.82, 2.24) is 19.9 Å². The van der Waals surface area contributed by atoms with Crippen LogP contribution >= 0.6 is 0 Å². The molecule has 0 atom stereocenters. The highest BCUT2D eigenvalue weighted by Gasteiger charge is 2.02. The molecule has 2 heterocycles. The number of hydrogen-bond acceptors (Lipinski definition) is 3. The fourth-order valence-corrected chi connectivity index (χ4v) is 1.39. The topological polar surface area (TPSA) is 42.7 Å². The zero-order chi connectivity index (χ0) is 9.80. The fourth-order valence-electron chi connectivity index (χ4n) is 1.39. The summed E-state index contributed by atoms with van der Waals surface area (Å²) in [6.45, 7) is 0.829. The van der Waals surface area contributed by atoms with Crippen LogP contribution in [0.15, 0.2) is 37.2 Å². The van der Waals surface area contributed by atoms with Crippen LogP contribution in [-0.2, 0) is 6.54 Å². The van der Waals surface area contributed by atoms with E-state index in [-0.39, 0.29) is 0 Å². The SMILES string of the molecule is CNCc1ccncc1-n1ccnc1. The number of aromatic nitrogens is 3. The number of rotatable bonds is 3. The molecule has 14 heavy (non-hydrogen) atoms. The van der Waals surface area contributed by atoms with Crippen LogP contribution in [0.5, 0.6) is 0 Å². The van der Waals surface area contributed by atoms with Crippen LogP contribution in [0.1, 0.15) is 5.56 Å². The molecule has 0 aromatic carbocycles. The van der Waals surface area contributed by atoms with Crippen molar-refractivity contribution in [1.29, 1.82) is 0 Å². The van der Waals surface area contributed by atoms with Crippen LogP contribution in [0, 0.1) is 0 Å². The van der Waals surface area contributed by atoms with Crippen molar-refractivity contribution in [2.75, 3.05) is 7.05 Å². The Balaban J connectivity index is 2.42. The lowest BCUT2D eigenvalue weighted by Crippen LogP contribution is -2.08. The first-order valence-electron chi connectivity index (χ1n) is 4.47. The normalized spacial score (nSPS) is 10.4. The average Bonchev–Trinajstić information content (AvgIpc) is 2.72. The smallest absolute Gasteiger partial charge is 0.0992 e. The van der Waals surface area contributed by atoms with Crippen LogP contribution in [0.4, 0.5) is 0 Å². The highest BCUT2D eigenvalue weighted by Crippen LogP contribution is 2.11. The molecular weight excluding hydrogens is 176 g/mol. The van der Waals surface area contributed by atoms with Crippen LogP contribution < -0.4 is 5.32 Å². The molecule has 72 valence electrons. The van der Waals surface area contributed by atoms with Gasteiger partial charge in [-0.1, -0.05) is 0 Å². The molecular formula is C10H12N4. The number of nitrogens with zero attached hydrogens (tertiary/aromatic N) is 3. The monoisotopic (exact) mass is 188 g/mol. The summed E-state index contributed by atoms with van der Waals surface area (Å²) >= 11 is 0. The number of nitrogens with one attached hydrogen (secondary N) is 1. The molecule has 0 spiro atoms. The van der Waals surface area contributed by atoms with E-state index in [1.165, 1.54) is 5.56 Å². The molecule has 0 aliphatic rings. The third kappa shape index (κ3) is 1.65. The molecule has 0 aliphatic carbocycles. The van der Waals surface area contributed by atoms with Crippen molar-refractivity contribution in [3.8, 4) is 5.69 Å². The van der Waals surface area contributed by atoms with E-state index in [1.807, 2.05) is 30.1 Å². The highest BCUT2D eigenvalue weighted by atomic mass is 15.0. The molecule has 0 unspecified atom stereocenters. The van der Waals surface area contributed by atoms with E-state index in [9.17, 15) is 0 Å². The molecule has 4 nitrogen and oxygen atoms in total. The van der Waals surface area contributed by atoms with Crippen molar-refractivity contribution >= 4 is 0 Å². The van der Waals surface area contributed by atoms with Crippen molar-refractivity contribution in [3.05, 3.63) is 42.7 Å². The van der Waals surface area contributed by atoms with Gasteiger partial charge in [0.1, 0.15) is 0 Å². The molecule has 2 aromatic rings. The molecule has 0 amide bonds. The summed E-state index contributed by atoms with van der Waals surface area (Å²) in [7, 11) is 1.93. The Hall–Kier alpha value is -1.68. The van der Waals surface area contributed by atoms with Gasteiger partial charge >= 0.3 is 0 Å². The first kappa shape index (κ1) is 8.90. The molecule has 0 fully saturated rings. The first-order valence-corrected chi connectivity index (χ1v) is 4.47. The largest absolute Gasteiger partial charge is 0.316 e. The number of hydrogen-bond donors (Lipinski definition) is 1. The molecule has 0 radical (unpaired) electrons. The summed E-state index contributed by atoms with van der Waals surface area (Å²) < 4.78 is 1.96. The minimum atomic E-state index is 0.829. The molecule has 2 rings (SSSR count). The van der Waals surface area contributed by atoms with Gasteiger partial charge in [-0.05, 0) is 18.7 Å². The Morgan fingerprint density at radius 3 is 3.00 bits per heavy atom. The third-order valence-corrected chi connectivity index (χ3v) is 2.04. The van der Waals surface area contributed by atoms with Gasteiger partial charge in [-0.25, -0.2) is 4.98 Å². The van der Waals surface area contributed by atoms with Gasteiger partial charge < -0.3 is 9.88 Å². The lowest BCUT2D eigenvalue weighted by atomic mass is 10.2. The quantitative estimate of drug-likeness (QED) is 0.781. The first-order chi connectivity index (χ1) is 6.92. The Labute approximate surface area is 82.6 Å². The highest BCUT2D eigenvalue weighted by molar-refractivity contribution is 5.37. The van der Waals surface area contributed by atoms with Gasteiger partial charge in [-0.3, -0.25) is 4.98 Å². The van der Waals surface area contributed by atoms with Gasteiger partial charge in [0, 0.05) is 25.1 Å². The minimum absolute atomic E-state index is 0.829. The van der Waals surface area contributed by atoms with Crippen LogP contribution in [0.25, 0.3) is 5.69 Å². The molecule has 4 heteroatoms. The van der Waals surface area contributed by atoms with E-state index in [0.29, 0.717) is 0 Å². The van der Waals surface area contributed by atoms with Crippen molar-refractivity contribution < 1.29 is 0 Å². The molecule has 0 saturated carbocycles. The number of imidazole rings is 1. The maximum Gasteiger partial charge on any atom is 0.0992 e. The maximum atomic E-state index is 4.11. The van der Waals surface area contributed by atoms with Gasteiger partial charge in [0.2, 0.25) is 0 Å². The van der Waals surface area contributed by atoms with E-state index in [4.69, 9.17) is 0 Å². The second-order valence-electron chi connectivity index (χ2n) is 3.00. The molecule has 0 aliphatic heterocycles. The van der Waals surface area contributed by atoms with Crippen LogP contribution in [0.3, 0.4) is 0 Å². The van der Waals surface area contributed by atoms with E-state index >= 15 is 0 Å². The van der Waals surface area contributed by atoms with E-state index in [0.717, 1.165) is 12.2 Å². The fraction of sp³-hybridized carbons (Fsp3) is 0.200. The number of pyridine rings is 1. The van der Waals surface area contributed by atoms with Crippen LogP contribution in [0.2, 0.25) is 0 Å². The van der Waals surface area contributed by atoms with Gasteiger partial charge in [0.15, 0.2) is 0 Å². The van der Waals surface area contributed by atoms with Gasteiger partial charge in [0.05, 0.1) is 18.2 Å². The van der Waals surface area contributed by atoms with Gasteiger partial charge in [-0.2, -0.15) is 0 Å². The lowest BCUT2D eigenvalue weighted by Gasteiger charge is -2.08. The van der Waals surface area contributed by atoms with E-state index < -0.39 is 0 Å². The Morgan fingerprint density at radius 2 is 2.29 bits per heavy atom. The second kappa shape index (κ2) is 4.02. The van der Waals surface area contributed by atoms with Crippen molar-refractivity contribution in [2.24, 2.45) is 0 Å².